The Labute approximate surface area is 90.8 Å². The topological polar surface area (TPSA) is 40.5 Å². The number of fused-ring (bicyclic) bond motifs is 1. The predicted octanol–water partition coefficient (Wildman–Crippen LogP) is 1.33. The van der Waals surface area contributed by atoms with Crippen LogP contribution in [0, 0.1) is 5.41 Å². The fourth-order valence-electron chi connectivity index (χ4n) is 3.16. The molecule has 0 aromatic carbocycles. The molecule has 1 N–H and O–H groups in total. The van der Waals surface area contributed by atoms with Gasteiger partial charge in [-0.05, 0) is 32.3 Å². The second-order valence-corrected chi connectivity index (χ2v) is 4.71. The molecule has 1 saturated carbocycles. The van der Waals surface area contributed by atoms with Crippen molar-refractivity contribution in [3.05, 3.63) is 12.2 Å². The van der Waals surface area contributed by atoms with Crippen LogP contribution in [0.5, 0.6) is 0 Å². The molecule has 2 atom stereocenters. The van der Waals surface area contributed by atoms with Crippen LogP contribution in [0.3, 0.4) is 0 Å². The standard InChI is InChI=1S/C12H19NO2/c1-2-4-11(15)13-8-7-12(9-14)6-3-5-10(12)13/h2,4,10,14H,3,5-9H2,1H3/b4-2+. The molecule has 84 valence electrons. The van der Waals surface area contributed by atoms with E-state index in [1.807, 2.05) is 11.8 Å². The molecule has 2 unspecified atom stereocenters. The molecule has 15 heavy (non-hydrogen) atoms. The smallest absolute Gasteiger partial charge is 0.246 e. The molecule has 2 aliphatic rings. The molecule has 1 heterocycles. The maximum Gasteiger partial charge on any atom is 0.246 e. The lowest BCUT2D eigenvalue weighted by Crippen LogP contribution is -2.40. The van der Waals surface area contributed by atoms with Gasteiger partial charge in [0.05, 0.1) is 6.61 Å². The highest BCUT2D eigenvalue weighted by atomic mass is 16.3. The van der Waals surface area contributed by atoms with Gasteiger partial charge in [0.15, 0.2) is 0 Å². The second-order valence-electron chi connectivity index (χ2n) is 4.71. The van der Waals surface area contributed by atoms with E-state index in [9.17, 15) is 9.90 Å². The number of carbonyl (C=O) groups excluding carboxylic acids is 1. The van der Waals surface area contributed by atoms with E-state index in [0.717, 1.165) is 32.2 Å². The Morgan fingerprint density at radius 1 is 1.60 bits per heavy atom. The highest BCUT2D eigenvalue weighted by Crippen LogP contribution is 2.48. The fraction of sp³-hybridized carbons (Fsp3) is 0.750. The monoisotopic (exact) mass is 209 g/mol. The first-order valence-corrected chi connectivity index (χ1v) is 5.78. The first-order valence-electron chi connectivity index (χ1n) is 5.78. The van der Waals surface area contributed by atoms with Gasteiger partial charge in [-0.3, -0.25) is 4.79 Å². The van der Waals surface area contributed by atoms with Crippen LogP contribution < -0.4 is 0 Å². The number of hydrogen-bond donors (Lipinski definition) is 1. The van der Waals surface area contributed by atoms with E-state index in [1.54, 1.807) is 12.2 Å². The zero-order valence-electron chi connectivity index (χ0n) is 9.28. The molecule has 0 bridgehead atoms. The Kier molecular flexibility index (Phi) is 2.83. The zero-order valence-corrected chi connectivity index (χ0v) is 9.28. The van der Waals surface area contributed by atoms with Crippen LogP contribution in [0.4, 0.5) is 0 Å². The fourth-order valence-corrected chi connectivity index (χ4v) is 3.16. The minimum Gasteiger partial charge on any atom is -0.396 e. The molecule has 3 heteroatoms. The summed E-state index contributed by atoms with van der Waals surface area (Å²) in [5.74, 6) is 0.111. The Morgan fingerprint density at radius 3 is 3.07 bits per heavy atom. The highest BCUT2D eigenvalue weighted by Gasteiger charge is 2.50. The Balaban J connectivity index is 2.15. The molecular formula is C12H19NO2. The van der Waals surface area contributed by atoms with E-state index in [-0.39, 0.29) is 24.0 Å². The van der Waals surface area contributed by atoms with Gasteiger partial charge in [0.1, 0.15) is 0 Å². The summed E-state index contributed by atoms with van der Waals surface area (Å²) in [5.41, 5.74) is 0.0250. The van der Waals surface area contributed by atoms with Gasteiger partial charge in [-0.1, -0.05) is 12.5 Å². The largest absolute Gasteiger partial charge is 0.396 e. The van der Waals surface area contributed by atoms with E-state index in [0.29, 0.717) is 0 Å². The summed E-state index contributed by atoms with van der Waals surface area (Å²) in [4.78, 5) is 13.8. The van der Waals surface area contributed by atoms with E-state index < -0.39 is 0 Å². The van der Waals surface area contributed by atoms with Crippen molar-refractivity contribution in [2.75, 3.05) is 13.2 Å². The van der Waals surface area contributed by atoms with Crippen LogP contribution in [0.25, 0.3) is 0 Å². The molecule has 0 radical (unpaired) electrons. The molecule has 1 amide bonds. The van der Waals surface area contributed by atoms with Gasteiger partial charge >= 0.3 is 0 Å². The first kappa shape index (κ1) is 10.7. The third-order valence-electron chi connectivity index (χ3n) is 3.99. The average molecular weight is 209 g/mol. The number of aliphatic hydroxyl groups excluding tert-OH is 1. The highest BCUT2D eigenvalue weighted by molar-refractivity contribution is 5.88. The third-order valence-corrected chi connectivity index (χ3v) is 3.99. The average Bonchev–Trinajstić information content (AvgIpc) is 2.75. The summed E-state index contributed by atoms with van der Waals surface area (Å²) in [6, 6.07) is 0.284. The van der Waals surface area contributed by atoms with Crippen molar-refractivity contribution in [2.45, 2.75) is 38.6 Å². The molecule has 1 aliphatic carbocycles. The van der Waals surface area contributed by atoms with Gasteiger partial charge in [-0.15, -0.1) is 0 Å². The SMILES string of the molecule is C/C=C/C(=O)N1CCC2(CO)CCCC12. The van der Waals surface area contributed by atoms with Gasteiger partial charge < -0.3 is 10.0 Å². The molecule has 3 nitrogen and oxygen atoms in total. The van der Waals surface area contributed by atoms with E-state index in [4.69, 9.17) is 0 Å². The van der Waals surface area contributed by atoms with Crippen LogP contribution in [0.2, 0.25) is 0 Å². The van der Waals surface area contributed by atoms with Gasteiger partial charge in [-0.2, -0.15) is 0 Å². The number of carbonyl (C=O) groups is 1. The summed E-state index contributed by atoms with van der Waals surface area (Å²) >= 11 is 0. The predicted molar refractivity (Wildman–Crippen MR) is 58.3 cm³/mol. The summed E-state index contributed by atoms with van der Waals surface area (Å²) in [7, 11) is 0. The summed E-state index contributed by atoms with van der Waals surface area (Å²) in [6.45, 7) is 2.91. The van der Waals surface area contributed by atoms with Crippen molar-refractivity contribution in [1.82, 2.24) is 4.90 Å². The van der Waals surface area contributed by atoms with Crippen molar-refractivity contribution < 1.29 is 9.90 Å². The third kappa shape index (κ3) is 1.59. The molecule has 0 aromatic heterocycles. The summed E-state index contributed by atoms with van der Waals surface area (Å²) in [5, 5.41) is 9.50. The van der Waals surface area contributed by atoms with Crippen molar-refractivity contribution in [2.24, 2.45) is 5.41 Å². The Bertz CT molecular complexity index is 287. The Morgan fingerprint density at radius 2 is 2.40 bits per heavy atom. The maximum atomic E-state index is 11.8. The van der Waals surface area contributed by atoms with Crippen LogP contribution in [-0.4, -0.2) is 35.1 Å². The maximum absolute atomic E-state index is 11.8. The molecule has 2 fully saturated rings. The van der Waals surface area contributed by atoms with Gasteiger partial charge in [0.25, 0.3) is 0 Å². The lowest BCUT2D eigenvalue weighted by molar-refractivity contribution is -0.127. The number of nitrogens with zero attached hydrogens (tertiary/aromatic N) is 1. The number of hydrogen-bond acceptors (Lipinski definition) is 2. The van der Waals surface area contributed by atoms with Crippen LogP contribution in [0.1, 0.15) is 32.6 Å². The minimum atomic E-state index is 0.0250. The molecule has 0 aromatic rings. The lowest BCUT2D eigenvalue weighted by Gasteiger charge is -2.30. The van der Waals surface area contributed by atoms with E-state index >= 15 is 0 Å². The number of allylic oxidation sites excluding steroid dienone is 1. The summed E-state index contributed by atoms with van der Waals surface area (Å²) in [6.07, 6.45) is 7.67. The minimum absolute atomic E-state index is 0.0250. The second kappa shape index (κ2) is 3.97. The number of rotatable bonds is 2. The van der Waals surface area contributed by atoms with Crippen LogP contribution >= 0.6 is 0 Å². The number of likely N-dealkylation sites (tertiary alicyclic amines) is 1. The van der Waals surface area contributed by atoms with Gasteiger partial charge in [0.2, 0.25) is 5.91 Å². The van der Waals surface area contributed by atoms with Gasteiger partial charge in [-0.25, -0.2) is 0 Å². The summed E-state index contributed by atoms with van der Waals surface area (Å²) < 4.78 is 0. The molecule has 1 saturated heterocycles. The quantitative estimate of drug-likeness (QED) is 0.697. The molecular weight excluding hydrogens is 190 g/mol. The number of aliphatic hydroxyl groups is 1. The zero-order chi connectivity index (χ0) is 10.9. The molecule has 2 rings (SSSR count). The lowest BCUT2D eigenvalue weighted by atomic mass is 9.83. The van der Waals surface area contributed by atoms with Crippen molar-refractivity contribution >= 4 is 5.91 Å². The van der Waals surface area contributed by atoms with E-state index in [1.165, 1.54) is 0 Å². The normalized spacial score (nSPS) is 35.1. The van der Waals surface area contributed by atoms with Crippen LogP contribution in [0.15, 0.2) is 12.2 Å². The van der Waals surface area contributed by atoms with Crippen LogP contribution in [-0.2, 0) is 4.79 Å². The van der Waals surface area contributed by atoms with Crippen molar-refractivity contribution in [3.8, 4) is 0 Å². The first-order chi connectivity index (χ1) is 7.23. The molecule has 1 aliphatic heterocycles. The van der Waals surface area contributed by atoms with Crippen molar-refractivity contribution in [3.63, 3.8) is 0 Å². The molecule has 0 spiro atoms. The number of amides is 1. The van der Waals surface area contributed by atoms with Gasteiger partial charge in [0, 0.05) is 18.0 Å². The van der Waals surface area contributed by atoms with Crippen molar-refractivity contribution in [1.29, 1.82) is 0 Å². The van der Waals surface area contributed by atoms with E-state index in [2.05, 4.69) is 0 Å². The Hall–Kier alpha value is -0.830.